The summed E-state index contributed by atoms with van der Waals surface area (Å²) in [6, 6.07) is 14.6. The summed E-state index contributed by atoms with van der Waals surface area (Å²) < 4.78 is 4.23. The molecule has 6 rings (SSSR count). The lowest BCUT2D eigenvalue weighted by Crippen LogP contribution is -2.42. The molecule has 0 spiro atoms. The summed E-state index contributed by atoms with van der Waals surface area (Å²) >= 11 is 6.98. The molecular weight excluding hydrogens is 608 g/mol. The Labute approximate surface area is 242 Å². The van der Waals surface area contributed by atoms with Crippen molar-refractivity contribution in [2.75, 3.05) is 44.2 Å². The van der Waals surface area contributed by atoms with E-state index in [2.05, 4.69) is 73.2 Å². The van der Waals surface area contributed by atoms with Gasteiger partial charge in [0.15, 0.2) is 0 Å². The molecule has 2 aromatic carbocycles. The Morgan fingerprint density at radius 1 is 0.684 bits per heavy atom. The minimum atomic E-state index is 0.236. The summed E-state index contributed by atoms with van der Waals surface area (Å²) in [6.07, 6.45) is 10.2. The van der Waals surface area contributed by atoms with Crippen molar-refractivity contribution in [3.63, 3.8) is 0 Å². The molecule has 38 heavy (non-hydrogen) atoms. The van der Waals surface area contributed by atoms with E-state index in [-0.39, 0.29) is 11.8 Å². The normalized spacial score (nSPS) is 17.3. The molecule has 0 unspecified atom stereocenters. The minimum absolute atomic E-state index is 0.236. The Hall–Kier alpha value is -2.32. The number of hydrogen-bond acceptors (Lipinski definition) is 3. The molecule has 2 amide bonds. The lowest BCUT2D eigenvalue weighted by molar-refractivity contribution is -0.132. The predicted octanol–water partition coefficient (Wildman–Crippen LogP) is 6.24. The van der Waals surface area contributed by atoms with Gasteiger partial charge >= 0.3 is 0 Å². The van der Waals surface area contributed by atoms with Crippen LogP contribution in [-0.2, 0) is 22.6 Å². The van der Waals surface area contributed by atoms with Gasteiger partial charge in [-0.15, -0.1) is 0 Å². The van der Waals surface area contributed by atoms with Crippen LogP contribution in [0, 0.1) is 0 Å². The molecule has 202 valence electrons. The second-order valence-corrected chi connectivity index (χ2v) is 12.3. The van der Waals surface area contributed by atoms with E-state index in [4.69, 9.17) is 0 Å². The number of benzene rings is 2. The summed E-state index contributed by atoms with van der Waals surface area (Å²) in [6.45, 7) is 5.68. The summed E-state index contributed by atoms with van der Waals surface area (Å²) in [5, 5.41) is 1.17. The van der Waals surface area contributed by atoms with Crippen LogP contribution in [0.5, 0.6) is 0 Å². The molecule has 2 fully saturated rings. The smallest absolute Gasteiger partial charge is 0.242 e. The van der Waals surface area contributed by atoms with Gasteiger partial charge in [0.2, 0.25) is 11.8 Å². The zero-order valence-electron chi connectivity index (χ0n) is 21.9. The molecule has 6 nitrogen and oxygen atoms in total. The maximum atomic E-state index is 12.3. The molecule has 0 radical (unpaired) electrons. The van der Waals surface area contributed by atoms with Crippen LogP contribution in [0.1, 0.15) is 44.1 Å². The molecule has 3 aliphatic rings. The van der Waals surface area contributed by atoms with Gasteiger partial charge < -0.3 is 19.3 Å². The van der Waals surface area contributed by atoms with E-state index in [0.717, 1.165) is 79.3 Å². The SMILES string of the molecule is O=C(CN1CCc2cc(Br)ccc21)N1CCCCC1.O=C(Cn1ccc2cc(Br)ccc21)N1CCCCC1. The van der Waals surface area contributed by atoms with Gasteiger partial charge in [-0.1, -0.05) is 31.9 Å². The predicted molar refractivity (Wildman–Crippen MR) is 161 cm³/mol. The number of piperidine rings is 2. The molecule has 2 saturated heterocycles. The number of fused-ring (bicyclic) bond motifs is 2. The number of rotatable bonds is 4. The van der Waals surface area contributed by atoms with Crippen molar-refractivity contribution in [3.05, 3.63) is 63.2 Å². The highest BCUT2D eigenvalue weighted by Crippen LogP contribution is 2.30. The van der Waals surface area contributed by atoms with E-state index in [9.17, 15) is 9.59 Å². The van der Waals surface area contributed by atoms with Crippen molar-refractivity contribution in [1.82, 2.24) is 14.4 Å². The average molecular weight is 644 g/mol. The Bertz CT molecular complexity index is 1280. The van der Waals surface area contributed by atoms with Crippen molar-refractivity contribution in [2.24, 2.45) is 0 Å². The zero-order chi connectivity index (χ0) is 26.5. The van der Waals surface area contributed by atoms with Crippen molar-refractivity contribution >= 4 is 60.3 Å². The number of carbonyl (C=O) groups excluding carboxylic acids is 2. The van der Waals surface area contributed by atoms with E-state index < -0.39 is 0 Å². The highest BCUT2D eigenvalue weighted by Gasteiger charge is 2.24. The van der Waals surface area contributed by atoms with Crippen LogP contribution in [0.4, 0.5) is 5.69 Å². The lowest BCUT2D eigenvalue weighted by Gasteiger charge is -2.29. The summed E-state index contributed by atoms with van der Waals surface area (Å²) in [4.78, 5) is 30.8. The minimum Gasteiger partial charge on any atom is -0.362 e. The number of anilines is 1. The maximum Gasteiger partial charge on any atom is 0.242 e. The van der Waals surface area contributed by atoms with E-state index in [1.807, 2.05) is 26.6 Å². The van der Waals surface area contributed by atoms with Gasteiger partial charge in [-0.25, -0.2) is 0 Å². The van der Waals surface area contributed by atoms with Gasteiger partial charge in [-0.2, -0.15) is 0 Å². The number of carbonyl (C=O) groups is 2. The van der Waals surface area contributed by atoms with Crippen molar-refractivity contribution in [3.8, 4) is 0 Å². The summed E-state index contributed by atoms with van der Waals surface area (Å²) in [5.41, 5.74) is 3.70. The third-order valence-corrected chi connectivity index (χ3v) is 8.80. The zero-order valence-corrected chi connectivity index (χ0v) is 25.1. The molecule has 0 saturated carbocycles. The standard InChI is InChI=1S/C15H19BrN2O.C15H17BrN2O/c2*16-13-4-5-14-12(10-13)6-9-18(14)11-15(19)17-7-2-1-3-8-17/h4-5,10H,1-3,6-9,11H2;4-6,9-10H,1-3,7-8,11H2. The molecule has 0 atom stereocenters. The fourth-order valence-corrected chi connectivity index (χ4v) is 6.49. The van der Waals surface area contributed by atoms with E-state index in [1.54, 1.807) is 0 Å². The molecule has 1 aromatic heterocycles. The molecule has 4 heterocycles. The van der Waals surface area contributed by atoms with Crippen molar-refractivity contribution in [1.29, 1.82) is 0 Å². The molecular formula is C30H36Br2N4O2. The molecule has 0 N–H and O–H groups in total. The van der Waals surface area contributed by atoms with Gasteiger partial charge in [-0.3, -0.25) is 9.59 Å². The van der Waals surface area contributed by atoms with Crippen molar-refractivity contribution < 1.29 is 9.59 Å². The Morgan fingerprint density at radius 3 is 1.97 bits per heavy atom. The highest BCUT2D eigenvalue weighted by atomic mass is 79.9. The van der Waals surface area contributed by atoms with Crippen LogP contribution < -0.4 is 4.90 Å². The van der Waals surface area contributed by atoms with Crippen molar-refractivity contribution in [2.45, 2.75) is 51.5 Å². The van der Waals surface area contributed by atoms with Gasteiger partial charge in [0, 0.05) is 64.5 Å². The number of nitrogens with zero attached hydrogens (tertiary/aromatic N) is 4. The topological polar surface area (TPSA) is 48.8 Å². The van der Waals surface area contributed by atoms with E-state index in [0.29, 0.717) is 13.1 Å². The average Bonchev–Trinajstić information content (AvgIpc) is 3.52. The van der Waals surface area contributed by atoms with Crippen LogP contribution in [0.15, 0.2) is 57.6 Å². The first-order valence-corrected chi connectivity index (χ1v) is 15.4. The molecule has 0 aliphatic carbocycles. The molecule has 3 aromatic rings. The quantitative estimate of drug-likeness (QED) is 0.338. The van der Waals surface area contributed by atoms with E-state index in [1.165, 1.54) is 29.5 Å². The third kappa shape index (κ3) is 6.63. The first-order valence-electron chi connectivity index (χ1n) is 13.8. The molecule has 0 bridgehead atoms. The van der Waals surface area contributed by atoms with Crippen LogP contribution in [0.2, 0.25) is 0 Å². The van der Waals surface area contributed by atoms with Crippen LogP contribution in [0.3, 0.4) is 0 Å². The maximum absolute atomic E-state index is 12.3. The van der Waals surface area contributed by atoms with Gasteiger partial charge in [-0.05, 0) is 93.0 Å². The largest absolute Gasteiger partial charge is 0.362 e. The Morgan fingerprint density at radius 2 is 1.29 bits per heavy atom. The first kappa shape index (κ1) is 27.3. The number of halogens is 2. The van der Waals surface area contributed by atoms with E-state index >= 15 is 0 Å². The highest BCUT2D eigenvalue weighted by molar-refractivity contribution is 9.10. The number of likely N-dealkylation sites (tertiary alicyclic amines) is 2. The van der Waals surface area contributed by atoms with Gasteiger partial charge in [0.05, 0.1) is 6.54 Å². The van der Waals surface area contributed by atoms with Crippen LogP contribution in [-0.4, -0.2) is 65.4 Å². The number of hydrogen-bond donors (Lipinski definition) is 0. The monoisotopic (exact) mass is 642 g/mol. The number of amides is 2. The second kappa shape index (κ2) is 12.7. The Kier molecular flexibility index (Phi) is 9.10. The van der Waals surface area contributed by atoms with Crippen LogP contribution >= 0.6 is 31.9 Å². The summed E-state index contributed by atoms with van der Waals surface area (Å²) in [7, 11) is 0. The van der Waals surface area contributed by atoms with Gasteiger partial charge in [0.1, 0.15) is 6.54 Å². The first-order chi connectivity index (χ1) is 18.5. The molecule has 3 aliphatic heterocycles. The summed E-state index contributed by atoms with van der Waals surface area (Å²) in [5.74, 6) is 0.524. The Balaban J connectivity index is 0.000000155. The number of aromatic nitrogens is 1. The fraction of sp³-hybridized carbons (Fsp3) is 0.467. The third-order valence-electron chi connectivity index (χ3n) is 7.82. The van der Waals surface area contributed by atoms with Gasteiger partial charge in [0.25, 0.3) is 0 Å². The second-order valence-electron chi connectivity index (χ2n) is 10.5. The fourth-order valence-electron chi connectivity index (χ4n) is 5.71. The molecule has 8 heteroatoms. The van der Waals surface area contributed by atoms with Crippen LogP contribution in [0.25, 0.3) is 10.9 Å². The lowest BCUT2D eigenvalue weighted by atomic mass is 10.1.